The van der Waals surface area contributed by atoms with E-state index in [1.54, 1.807) is 6.42 Å². The van der Waals surface area contributed by atoms with E-state index >= 15 is 0 Å². The molecule has 0 aromatic rings. The molecule has 4 bridgehead atoms. The third-order valence-corrected chi connectivity index (χ3v) is 19.1. The van der Waals surface area contributed by atoms with E-state index in [2.05, 4.69) is 30.7 Å². The fourth-order valence-electron chi connectivity index (χ4n) is 5.00. The molecule has 4 fully saturated rings. The van der Waals surface area contributed by atoms with Crippen LogP contribution in [0.15, 0.2) is 0 Å². The van der Waals surface area contributed by atoms with Crippen LogP contribution in [0, 0.1) is 23.7 Å². The van der Waals surface area contributed by atoms with Crippen LogP contribution in [0.4, 0.5) is 0 Å². The van der Waals surface area contributed by atoms with Gasteiger partial charge >= 0.3 is 139 Å². The van der Waals surface area contributed by atoms with E-state index in [1.807, 2.05) is 0 Å². The van der Waals surface area contributed by atoms with Gasteiger partial charge in [-0.25, -0.2) is 0 Å². The monoisotopic (exact) mass is 478 g/mol. The summed E-state index contributed by atoms with van der Waals surface area (Å²) in [5, 5.41) is 0. The third kappa shape index (κ3) is 3.04. The van der Waals surface area contributed by atoms with Gasteiger partial charge in [0.05, 0.1) is 0 Å². The van der Waals surface area contributed by atoms with Crippen molar-refractivity contribution in [2.24, 2.45) is 23.7 Å². The second-order valence-corrected chi connectivity index (χ2v) is 32.5. The zero-order chi connectivity index (χ0) is 13.0. The van der Waals surface area contributed by atoms with Crippen molar-refractivity contribution in [3.63, 3.8) is 0 Å². The summed E-state index contributed by atoms with van der Waals surface area (Å²) < 4.78 is 5.43. The van der Waals surface area contributed by atoms with Gasteiger partial charge in [0.25, 0.3) is 0 Å². The van der Waals surface area contributed by atoms with Crippen molar-refractivity contribution in [2.45, 2.75) is 62.3 Å². The summed E-state index contributed by atoms with van der Waals surface area (Å²) in [7, 11) is 0. The van der Waals surface area contributed by atoms with Gasteiger partial charge in [0, 0.05) is 0 Å². The fraction of sp³-hybridized carbons (Fsp3) is 1.00. The Morgan fingerprint density at radius 3 is 2.16 bits per heavy atom. The average molecular weight is 475 g/mol. The van der Waals surface area contributed by atoms with E-state index in [1.165, 1.54) is 44.9 Å². The predicted octanol–water partition coefficient (Wildman–Crippen LogP) is 3.25. The molecule has 0 amide bonds. The Labute approximate surface area is 138 Å². The number of rotatable bonds is 4. The Balaban J connectivity index is 1.36. The molecule has 19 heavy (non-hydrogen) atoms. The molecule has 0 aromatic heterocycles. The quantitative estimate of drug-likeness (QED) is 0.449. The second kappa shape index (κ2) is 5.54. The number of fused-ring (bicyclic) bond motifs is 4. The number of hydrogen-bond acceptors (Lipinski definition) is 1. The van der Waals surface area contributed by atoms with Gasteiger partial charge in [-0.05, 0) is 0 Å². The van der Waals surface area contributed by atoms with Crippen molar-refractivity contribution in [2.75, 3.05) is 0 Å². The topological polar surface area (TPSA) is 9.23 Å². The van der Waals surface area contributed by atoms with Gasteiger partial charge in [-0.1, -0.05) is 0 Å². The molecule has 7 unspecified atom stereocenters. The van der Waals surface area contributed by atoms with Crippen LogP contribution in [0.3, 0.4) is 0 Å². The summed E-state index contributed by atoms with van der Waals surface area (Å²) in [6.07, 6.45) is 12.5. The van der Waals surface area contributed by atoms with Crippen LogP contribution in [-0.2, 0) is 4.52 Å². The van der Waals surface area contributed by atoms with Crippen molar-refractivity contribution in [1.29, 1.82) is 0 Å². The van der Waals surface area contributed by atoms with Crippen LogP contribution in [0.25, 0.3) is 0 Å². The molecule has 4 rings (SSSR count). The molecule has 4 aliphatic rings. The van der Waals surface area contributed by atoms with Gasteiger partial charge in [0.15, 0.2) is 0 Å². The minimum absolute atomic E-state index is 0.622. The Morgan fingerprint density at radius 2 is 1.63 bits per heavy atom. The van der Waals surface area contributed by atoms with Gasteiger partial charge in [-0.15, -0.1) is 0 Å². The van der Waals surface area contributed by atoms with Crippen LogP contribution in [0.1, 0.15) is 51.4 Å². The first-order chi connectivity index (χ1) is 9.09. The summed E-state index contributed by atoms with van der Waals surface area (Å²) in [6.45, 7) is 0. The maximum atomic E-state index is 6.66. The maximum absolute atomic E-state index is 6.66. The third-order valence-electron chi connectivity index (χ3n) is 5.88. The van der Waals surface area contributed by atoms with Gasteiger partial charge in [0.1, 0.15) is 0 Å². The molecule has 7 atom stereocenters. The molecule has 0 saturated heterocycles. The molecular weight excluding hydrogens is 452 g/mol. The fourth-order valence-corrected chi connectivity index (χ4v) is 21.2. The predicted molar refractivity (Wildman–Crippen MR) is 85.1 cm³/mol. The van der Waals surface area contributed by atoms with Gasteiger partial charge in [-0.3, -0.25) is 0 Å². The first-order valence-electron chi connectivity index (χ1n) is 7.78. The minimum atomic E-state index is -1.23. The molecule has 108 valence electrons. The van der Waals surface area contributed by atoms with Crippen LogP contribution < -0.4 is 0 Å². The Bertz CT molecular complexity index is 381. The Morgan fingerprint density at radius 1 is 0.947 bits per heavy atom. The molecule has 1 nitrogen and oxygen atoms in total. The van der Waals surface area contributed by atoms with Crippen molar-refractivity contribution in [1.82, 2.24) is 0 Å². The summed E-state index contributed by atoms with van der Waals surface area (Å²) in [5.41, 5.74) is 0. The standard InChI is InChI=1S/C14H23OPSe3/c17-16(18,15-13-7-9-1-3-11(13)5-9)19-14-8-10-2-4-12(14)6-10/h9-14H,1-8H2,(H,17,18). The van der Waals surface area contributed by atoms with Crippen molar-refractivity contribution < 1.29 is 4.52 Å². The molecule has 0 radical (unpaired) electrons. The van der Waals surface area contributed by atoms with E-state index in [0.29, 0.717) is 20.6 Å². The molecule has 4 aliphatic carbocycles. The summed E-state index contributed by atoms with van der Waals surface area (Å²) in [5.74, 6) is 4.09. The second-order valence-electron chi connectivity index (χ2n) is 7.11. The summed E-state index contributed by atoms with van der Waals surface area (Å²) in [4.78, 5) is 1.04. The molecule has 0 N–H and O–H groups in total. The van der Waals surface area contributed by atoms with E-state index in [9.17, 15) is 0 Å². The normalized spacial score (nSPS) is 50.8. The molecule has 0 aromatic carbocycles. The van der Waals surface area contributed by atoms with E-state index < -0.39 is 3.11 Å². The van der Waals surface area contributed by atoms with E-state index in [4.69, 9.17) is 4.52 Å². The van der Waals surface area contributed by atoms with Crippen LogP contribution in [-0.4, -0.2) is 51.3 Å². The van der Waals surface area contributed by atoms with E-state index in [-0.39, 0.29) is 0 Å². The molecular formula is C14H23OPSe3. The van der Waals surface area contributed by atoms with Crippen LogP contribution in [0.5, 0.6) is 0 Å². The molecule has 4 saturated carbocycles. The average Bonchev–Trinajstić information content (AvgIpc) is 3.06. The zero-order valence-electron chi connectivity index (χ0n) is 11.2. The Hall–Kier alpha value is 1.95. The molecule has 5 heteroatoms. The summed E-state index contributed by atoms with van der Waals surface area (Å²) in [6, 6.07) is 0. The first-order valence-corrected chi connectivity index (χ1v) is 17.4. The van der Waals surface area contributed by atoms with Crippen molar-refractivity contribution >= 4 is 48.3 Å². The SMILES string of the molecule is [Se]=P([SeH])(OC1CC2CCC1C2)[Se]C1CC2CCC1C2. The zero-order valence-corrected chi connectivity index (χ0v) is 17.4. The van der Waals surface area contributed by atoms with Gasteiger partial charge in [0.2, 0.25) is 0 Å². The molecule has 0 aliphatic heterocycles. The first kappa shape index (κ1) is 14.5. The van der Waals surface area contributed by atoms with Gasteiger partial charge < -0.3 is 0 Å². The van der Waals surface area contributed by atoms with E-state index in [0.717, 1.165) is 28.5 Å². The van der Waals surface area contributed by atoms with Crippen LogP contribution >= 0.6 is 3.11 Å². The van der Waals surface area contributed by atoms with Crippen molar-refractivity contribution in [3.8, 4) is 0 Å². The summed E-state index contributed by atoms with van der Waals surface area (Å²) >= 11 is 7.20. The van der Waals surface area contributed by atoms with Crippen molar-refractivity contribution in [3.05, 3.63) is 0 Å². The molecule has 0 spiro atoms. The molecule has 0 heterocycles. The van der Waals surface area contributed by atoms with Gasteiger partial charge in [-0.2, -0.15) is 0 Å². The Kier molecular flexibility index (Phi) is 4.24. The van der Waals surface area contributed by atoms with Crippen LogP contribution in [0.2, 0.25) is 4.82 Å². The number of hydrogen-bond donors (Lipinski definition) is 0.